The van der Waals surface area contributed by atoms with Gasteiger partial charge in [0.15, 0.2) is 0 Å². The topological polar surface area (TPSA) is 15.3 Å². The molecule has 0 heterocycles. The van der Waals surface area contributed by atoms with Crippen molar-refractivity contribution >= 4 is 0 Å². The second-order valence-corrected chi connectivity index (χ2v) is 4.89. The van der Waals surface area contributed by atoms with Gasteiger partial charge in [0.2, 0.25) is 0 Å². The lowest BCUT2D eigenvalue weighted by molar-refractivity contribution is -0.146. The SMILES string of the molecule is CCCNC(CN(CC)CC(F)(F)F)C(C)CC. The molecule has 2 nitrogen and oxygen atoms in total. The molecule has 0 fully saturated rings. The molecule has 18 heavy (non-hydrogen) atoms. The minimum Gasteiger partial charge on any atom is -0.312 e. The van der Waals surface area contributed by atoms with Gasteiger partial charge in [-0.2, -0.15) is 13.2 Å². The average molecular weight is 268 g/mol. The van der Waals surface area contributed by atoms with Crippen molar-refractivity contribution in [3.63, 3.8) is 0 Å². The first kappa shape index (κ1) is 17.7. The summed E-state index contributed by atoms with van der Waals surface area (Å²) < 4.78 is 37.2. The van der Waals surface area contributed by atoms with Gasteiger partial charge in [0.05, 0.1) is 6.54 Å². The van der Waals surface area contributed by atoms with Crippen molar-refractivity contribution in [2.24, 2.45) is 5.92 Å². The van der Waals surface area contributed by atoms with Crippen LogP contribution in [0.15, 0.2) is 0 Å². The number of halogens is 3. The molecule has 1 N–H and O–H groups in total. The Hall–Kier alpha value is -0.290. The van der Waals surface area contributed by atoms with Crippen molar-refractivity contribution in [3.8, 4) is 0 Å². The molecule has 0 amide bonds. The Morgan fingerprint density at radius 1 is 1.17 bits per heavy atom. The summed E-state index contributed by atoms with van der Waals surface area (Å²) in [7, 11) is 0. The summed E-state index contributed by atoms with van der Waals surface area (Å²) in [5.74, 6) is 0.388. The van der Waals surface area contributed by atoms with Crippen molar-refractivity contribution in [2.75, 3.05) is 26.2 Å². The number of hydrogen-bond donors (Lipinski definition) is 1. The van der Waals surface area contributed by atoms with Gasteiger partial charge in [-0.3, -0.25) is 4.90 Å². The Morgan fingerprint density at radius 2 is 1.78 bits per heavy atom. The van der Waals surface area contributed by atoms with E-state index in [0.29, 0.717) is 19.0 Å². The lowest BCUT2D eigenvalue weighted by Crippen LogP contribution is -2.47. The maximum atomic E-state index is 12.4. The van der Waals surface area contributed by atoms with Gasteiger partial charge in [0.25, 0.3) is 0 Å². The van der Waals surface area contributed by atoms with Crippen LogP contribution in [0.3, 0.4) is 0 Å². The first-order valence-electron chi connectivity index (χ1n) is 6.86. The molecule has 0 aromatic heterocycles. The zero-order valence-electron chi connectivity index (χ0n) is 12.0. The zero-order valence-corrected chi connectivity index (χ0v) is 12.0. The minimum absolute atomic E-state index is 0.136. The van der Waals surface area contributed by atoms with Crippen molar-refractivity contribution in [1.29, 1.82) is 0 Å². The van der Waals surface area contributed by atoms with Crippen LogP contribution in [-0.4, -0.2) is 43.3 Å². The molecule has 0 aliphatic heterocycles. The summed E-state index contributed by atoms with van der Waals surface area (Å²) in [6, 6.07) is 0.136. The van der Waals surface area contributed by atoms with Crippen LogP contribution >= 0.6 is 0 Å². The van der Waals surface area contributed by atoms with Crippen LogP contribution in [-0.2, 0) is 0 Å². The molecular weight excluding hydrogens is 241 g/mol. The zero-order chi connectivity index (χ0) is 14.2. The molecule has 2 atom stereocenters. The minimum atomic E-state index is -4.11. The van der Waals surface area contributed by atoms with E-state index >= 15 is 0 Å². The highest BCUT2D eigenvalue weighted by Crippen LogP contribution is 2.18. The molecular formula is C13H27F3N2. The molecule has 0 saturated carbocycles. The quantitative estimate of drug-likeness (QED) is 0.690. The van der Waals surface area contributed by atoms with Crippen molar-refractivity contribution in [1.82, 2.24) is 10.2 Å². The second kappa shape index (κ2) is 8.75. The van der Waals surface area contributed by atoms with Crippen molar-refractivity contribution < 1.29 is 13.2 Å². The van der Waals surface area contributed by atoms with Gasteiger partial charge in [-0.25, -0.2) is 0 Å². The predicted octanol–water partition coefficient (Wildman–Crippen LogP) is 3.28. The molecule has 0 rings (SSSR count). The Morgan fingerprint density at radius 3 is 2.17 bits per heavy atom. The van der Waals surface area contributed by atoms with E-state index in [1.807, 2.05) is 0 Å². The summed E-state index contributed by atoms with van der Waals surface area (Å²) in [6.45, 7) is 8.95. The summed E-state index contributed by atoms with van der Waals surface area (Å²) in [5, 5.41) is 3.36. The number of nitrogens with zero attached hydrogens (tertiary/aromatic N) is 1. The lowest BCUT2D eigenvalue weighted by atomic mass is 9.98. The van der Waals surface area contributed by atoms with Gasteiger partial charge in [-0.05, 0) is 25.4 Å². The van der Waals surface area contributed by atoms with Crippen LogP contribution in [0.4, 0.5) is 13.2 Å². The fourth-order valence-corrected chi connectivity index (χ4v) is 1.90. The van der Waals surface area contributed by atoms with E-state index in [1.165, 1.54) is 4.90 Å². The summed E-state index contributed by atoms with van der Waals surface area (Å²) in [6.07, 6.45) is -2.13. The molecule has 2 unspecified atom stereocenters. The lowest BCUT2D eigenvalue weighted by Gasteiger charge is -2.31. The third-order valence-electron chi connectivity index (χ3n) is 3.29. The first-order chi connectivity index (χ1) is 8.34. The van der Waals surface area contributed by atoms with Gasteiger partial charge in [0, 0.05) is 12.6 Å². The molecule has 0 aliphatic carbocycles. The Balaban J connectivity index is 4.41. The molecule has 5 heteroatoms. The van der Waals surface area contributed by atoms with Gasteiger partial charge in [-0.1, -0.05) is 34.1 Å². The second-order valence-electron chi connectivity index (χ2n) is 4.89. The van der Waals surface area contributed by atoms with E-state index in [9.17, 15) is 13.2 Å². The van der Waals surface area contributed by atoms with E-state index in [1.54, 1.807) is 6.92 Å². The Bertz CT molecular complexity index is 207. The summed E-state index contributed by atoms with van der Waals surface area (Å²) >= 11 is 0. The fourth-order valence-electron chi connectivity index (χ4n) is 1.90. The molecule has 0 spiro atoms. The van der Waals surface area contributed by atoms with E-state index in [2.05, 4.69) is 26.1 Å². The average Bonchev–Trinajstić information content (AvgIpc) is 2.30. The van der Waals surface area contributed by atoms with Crippen LogP contribution in [0.2, 0.25) is 0 Å². The Kier molecular flexibility index (Phi) is 8.61. The van der Waals surface area contributed by atoms with Crippen LogP contribution in [0.25, 0.3) is 0 Å². The maximum absolute atomic E-state index is 12.4. The van der Waals surface area contributed by atoms with Crippen LogP contribution in [0.1, 0.15) is 40.5 Å². The molecule has 0 radical (unpaired) electrons. The van der Waals surface area contributed by atoms with Crippen molar-refractivity contribution in [3.05, 3.63) is 0 Å². The number of hydrogen-bond acceptors (Lipinski definition) is 2. The number of rotatable bonds is 9. The highest BCUT2D eigenvalue weighted by molar-refractivity contribution is 4.77. The summed E-state index contributed by atoms with van der Waals surface area (Å²) in [4.78, 5) is 1.47. The number of likely N-dealkylation sites (N-methyl/N-ethyl adjacent to an activating group) is 1. The molecule has 110 valence electrons. The van der Waals surface area contributed by atoms with E-state index in [4.69, 9.17) is 0 Å². The van der Waals surface area contributed by atoms with Gasteiger partial charge in [-0.15, -0.1) is 0 Å². The summed E-state index contributed by atoms with van der Waals surface area (Å²) in [5.41, 5.74) is 0. The van der Waals surface area contributed by atoms with Gasteiger partial charge >= 0.3 is 6.18 Å². The van der Waals surface area contributed by atoms with Crippen molar-refractivity contribution in [2.45, 2.75) is 52.8 Å². The molecule has 0 saturated heterocycles. The molecule has 0 bridgehead atoms. The van der Waals surface area contributed by atoms with E-state index < -0.39 is 12.7 Å². The number of nitrogens with one attached hydrogen (secondary N) is 1. The number of alkyl halides is 3. The molecule has 0 aliphatic rings. The first-order valence-corrected chi connectivity index (χ1v) is 6.86. The standard InChI is InChI=1S/C13H27F3N2/c1-5-8-17-12(11(4)6-2)9-18(7-3)10-13(14,15)16/h11-12,17H,5-10H2,1-4H3. The van der Waals surface area contributed by atoms with Gasteiger partial charge < -0.3 is 5.32 Å². The normalized spacial score (nSPS) is 16.0. The smallest absolute Gasteiger partial charge is 0.312 e. The maximum Gasteiger partial charge on any atom is 0.401 e. The van der Waals surface area contributed by atoms with Crippen LogP contribution in [0, 0.1) is 5.92 Å². The third-order valence-corrected chi connectivity index (χ3v) is 3.29. The largest absolute Gasteiger partial charge is 0.401 e. The highest BCUT2D eigenvalue weighted by Gasteiger charge is 2.31. The van der Waals surface area contributed by atoms with Crippen LogP contribution in [0.5, 0.6) is 0 Å². The van der Waals surface area contributed by atoms with E-state index in [0.717, 1.165) is 19.4 Å². The highest BCUT2D eigenvalue weighted by atomic mass is 19.4. The van der Waals surface area contributed by atoms with Gasteiger partial charge in [0.1, 0.15) is 0 Å². The monoisotopic (exact) mass is 268 g/mol. The fraction of sp³-hybridized carbons (Fsp3) is 1.00. The predicted molar refractivity (Wildman–Crippen MR) is 69.7 cm³/mol. The van der Waals surface area contributed by atoms with Crippen LogP contribution < -0.4 is 5.32 Å². The third kappa shape index (κ3) is 7.93. The van der Waals surface area contributed by atoms with E-state index in [-0.39, 0.29) is 6.04 Å². The molecule has 0 aromatic carbocycles. The molecule has 0 aromatic rings. The Labute approximate surface area is 109 Å².